The molecular formula is C6H6Cl3KO4S. The standard InChI is InChI=1S/C6H3Cl3.K.H2O4S.H/c7-4-1-2-5(8)6(9)3-4;;1-5(2,3)4;/h1-3H;;(H2,1,2,3,4);. The molecule has 0 aromatic heterocycles. The Kier molecular flexibility index (Phi) is 10.9. The molecule has 0 amide bonds. The Labute approximate surface area is 145 Å². The minimum atomic E-state index is -4.67. The number of hydrogen-bond donors (Lipinski definition) is 2. The molecular weight excluding hydrogens is 314 g/mol. The van der Waals surface area contributed by atoms with Crippen LogP contribution < -0.4 is 0 Å². The van der Waals surface area contributed by atoms with E-state index in [1.54, 1.807) is 18.2 Å². The van der Waals surface area contributed by atoms with Crippen molar-refractivity contribution in [1.82, 2.24) is 0 Å². The van der Waals surface area contributed by atoms with Crippen LogP contribution in [0.2, 0.25) is 15.1 Å². The molecule has 0 saturated carbocycles. The molecule has 0 unspecified atom stereocenters. The van der Waals surface area contributed by atoms with E-state index in [0.29, 0.717) is 15.1 Å². The van der Waals surface area contributed by atoms with Gasteiger partial charge in [-0.1, -0.05) is 34.8 Å². The van der Waals surface area contributed by atoms with Crippen molar-refractivity contribution < 1.29 is 17.5 Å². The van der Waals surface area contributed by atoms with Crippen LogP contribution in [-0.4, -0.2) is 68.9 Å². The van der Waals surface area contributed by atoms with Crippen LogP contribution in [0.4, 0.5) is 0 Å². The molecule has 82 valence electrons. The summed E-state index contributed by atoms with van der Waals surface area (Å²) in [4.78, 5) is 0. The summed E-state index contributed by atoms with van der Waals surface area (Å²) < 4.78 is 31.6. The Bertz CT molecular complexity index is 401. The van der Waals surface area contributed by atoms with Gasteiger partial charge in [-0.3, -0.25) is 9.11 Å². The average molecular weight is 320 g/mol. The predicted octanol–water partition coefficient (Wildman–Crippen LogP) is 2.35. The summed E-state index contributed by atoms with van der Waals surface area (Å²) in [5, 5.41) is 1.62. The molecule has 0 aliphatic carbocycles. The van der Waals surface area contributed by atoms with E-state index in [-0.39, 0.29) is 51.4 Å². The van der Waals surface area contributed by atoms with Gasteiger partial charge >= 0.3 is 61.8 Å². The van der Waals surface area contributed by atoms with Crippen molar-refractivity contribution in [2.75, 3.05) is 0 Å². The SMILES string of the molecule is Clc1ccc(Cl)c(Cl)c1.O=S(=O)(O)O.[KH]. The van der Waals surface area contributed by atoms with Gasteiger partial charge in [0.25, 0.3) is 0 Å². The Morgan fingerprint density at radius 2 is 1.40 bits per heavy atom. The minimum absolute atomic E-state index is 0. The Hall–Kier alpha value is 1.60. The van der Waals surface area contributed by atoms with Gasteiger partial charge in [-0.2, -0.15) is 8.42 Å². The van der Waals surface area contributed by atoms with Crippen LogP contribution in [0.5, 0.6) is 0 Å². The monoisotopic (exact) mass is 318 g/mol. The van der Waals surface area contributed by atoms with Gasteiger partial charge in [0.1, 0.15) is 0 Å². The van der Waals surface area contributed by atoms with Gasteiger partial charge in [-0.15, -0.1) is 0 Å². The molecule has 1 rings (SSSR count). The van der Waals surface area contributed by atoms with E-state index in [2.05, 4.69) is 0 Å². The fourth-order valence-corrected chi connectivity index (χ4v) is 0.997. The van der Waals surface area contributed by atoms with Crippen molar-refractivity contribution in [3.63, 3.8) is 0 Å². The van der Waals surface area contributed by atoms with Gasteiger partial charge in [-0.05, 0) is 18.2 Å². The van der Waals surface area contributed by atoms with Gasteiger partial charge in [-0.25, -0.2) is 0 Å². The van der Waals surface area contributed by atoms with Crippen LogP contribution >= 0.6 is 34.8 Å². The van der Waals surface area contributed by atoms with E-state index in [0.717, 1.165) is 0 Å². The molecule has 1 aromatic carbocycles. The molecule has 0 atom stereocenters. The van der Waals surface area contributed by atoms with E-state index < -0.39 is 10.4 Å². The number of rotatable bonds is 0. The molecule has 4 nitrogen and oxygen atoms in total. The normalized spacial score (nSPS) is 9.67. The Morgan fingerprint density at radius 3 is 1.67 bits per heavy atom. The van der Waals surface area contributed by atoms with Gasteiger partial charge in [0.2, 0.25) is 0 Å². The zero-order valence-electron chi connectivity index (χ0n) is 6.49. The van der Waals surface area contributed by atoms with E-state index in [1.165, 1.54) is 0 Å². The second-order valence-electron chi connectivity index (χ2n) is 2.01. The second kappa shape index (κ2) is 8.65. The van der Waals surface area contributed by atoms with Crippen LogP contribution in [0.3, 0.4) is 0 Å². The van der Waals surface area contributed by atoms with Crippen molar-refractivity contribution in [3.8, 4) is 0 Å². The number of benzene rings is 1. The molecule has 0 saturated heterocycles. The summed E-state index contributed by atoms with van der Waals surface area (Å²) in [6.07, 6.45) is 0. The maximum absolute atomic E-state index is 8.74. The van der Waals surface area contributed by atoms with Crippen LogP contribution in [0.15, 0.2) is 18.2 Å². The molecule has 0 spiro atoms. The molecule has 0 aliphatic rings. The molecule has 0 radical (unpaired) electrons. The van der Waals surface area contributed by atoms with E-state index >= 15 is 0 Å². The first-order valence-electron chi connectivity index (χ1n) is 3.00. The molecule has 2 N–H and O–H groups in total. The van der Waals surface area contributed by atoms with Crippen molar-refractivity contribution in [2.45, 2.75) is 0 Å². The maximum atomic E-state index is 8.74. The molecule has 0 aliphatic heterocycles. The fourth-order valence-electron chi connectivity index (χ4n) is 0.470. The zero-order valence-corrected chi connectivity index (χ0v) is 9.57. The molecule has 0 bridgehead atoms. The summed E-state index contributed by atoms with van der Waals surface area (Å²) >= 11 is 16.8. The van der Waals surface area contributed by atoms with E-state index in [4.69, 9.17) is 52.3 Å². The first-order valence-corrected chi connectivity index (χ1v) is 5.53. The van der Waals surface area contributed by atoms with E-state index in [1.807, 2.05) is 0 Å². The third-order valence-corrected chi connectivity index (χ3v) is 1.86. The van der Waals surface area contributed by atoms with Crippen LogP contribution in [-0.2, 0) is 10.4 Å². The summed E-state index contributed by atoms with van der Waals surface area (Å²) in [5.74, 6) is 0. The number of hydrogen-bond acceptors (Lipinski definition) is 2. The Morgan fingerprint density at radius 1 is 1.00 bits per heavy atom. The van der Waals surface area contributed by atoms with Gasteiger partial charge in [0.15, 0.2) is 0 Å². The first-order chi connectivity index (χ1) is 6.20. The van der Waals surface area contributed by atoms with Crippen molar-refractivity contribution in [2.24, 2.45) is 0 Å². The van der Waals surface area contributed by atoms with Crippen LogP contribution in [0.25, 0.3) is 0 Å². The molecule has 1 aromatic rings. The quantitative estimate of drug-likeness (QED) is 0.437. The summed E-state index contributed by atoms with van der Waals surface area (Å²) in [6, 6.07) is 4.95. The van der Waals surface area contributed by atoms with E-state index in [9.17, 15) is 0 Å². The third-order valence-electron chi connectivity index (χ3n) is 0.882. The molecule has 0 fully saturated rings. The van der Waals surface area contributed by atoms with Gasteiger partial charge in [0, 0.05) is 5.02 Å². The molecule has 15 heavy (non-hydrogen) atoms. The average Bonchev–Trinajstić information content (AvgIpc) is 1.94. The Balaban J connectivity index is 0. The van der Waals surface area contributed by atoms with Gasteiger partial charge < -0.3 is 0 Å². The second-order valence-corrected chi connectivity index (χ2v) is 4.15. The zero-order chi connectivity index (χ0) is 11.4. The summed E-state index contributed by atoms with van der Waals surface area (Å²) in [7, 11) is -4.67. The van der Waals surface area contributed by atoms with Crippen molar-refractivity contribution in [3.05, 3.63) is 33.3 Å². The topological polar surface area (TPSA) is 74.6 Å². The first kappa shape index (κ1) is 18.9. The van der Waals surface area contributed by atoms with Crippen molar-refractivity contribution >= 4 is 96.6 Å². The van der Waals surface area contributed by atoms with Crippen LogP contribution in [0.1, 0.15) is 0 Å². The molecule has 9 heteroatoms. The van der Waals surface area contributed by atoms with Gasteiger partial charge in [0.05, 0.1) is 10.0 Å². The fraction of sp³-hybridized carbons (Fsp3) is 0. The van der Waals surface area contributed by atoms with Crippen LogP contribution in [0, 0.1) is 0 Å². The summed E-state index contributed by atoms with van der Waals surface area (Å²) in [5.41, 5.74) is 0. The molecule has 0 heterocycles. The van der Waals surface area contributed by atoms with Crippen molar-refractivity contribution in [1.29, 1.82) is 0 Å². The third kappa shape index (κ3) is 13.5. The number of halogens is 3. The summed E-state index contributed by atoms with van der Waals surface area (Å²) in [6.45, 7) is 0. The predicted molar refractivity (Wildman–Crippen MR) is 62.8 cm³/mol.